The Hall–Kier alpha value is -1.42. The van der Waals surface area contributed by atoms with Crippen molar-refractivity contribution in [1.82, 2.24) is 10.6 Å². The topological polar surface area (TPSA) is 41.1 Å². The molecule has 0 saturated heterocycles. The van der Waals surface area contributed by atoms with E-state index in [0.29, 0.717) is 12.1 Å². The van der Waals surface area contributed by atoms with Crippen molar-refractivity contribution in [1.29, 1.82) is 0 Å². The van der Waals surface area contributed by atoms with Gasteiger partial charge in [0.25, 0.3) is 0 Å². The summed E-state index contributed by atoms with van der Waals surface area (Å²) in [5.41, 5.74) is 0.441. The van der Waals surface area contributed by atoms with Crippen LogP contribution in [0.15, 0.2) is 24.3 Å². The number of hydrogen-bond donors (Lipinski definition) is 2. The Morgan fingerprint density at radius 2 is 2.00 bits per heavy atom. The van der Waals surface area contributed by atoms with E-state index in [4.69, 9.17) is 0 Å². The Labute approximate surface area is 108 Å². The molecule has 0 aliphatic carbocycles. The van der Waals surface area contributed by atoms with Gasteiger partial charge in [-0.2, -0.15) is 0 Å². The minimum atomic E-state index is -0.461. The van der Waals surface area contributed by atoms with Gasteiger partial charge >= 0.3 is 0 Å². The molecule has 100 valence electrons. The fourth-order valence-electron chi connectivity index (χ4n) is 1.70. The molecule has 0 radical (unpaired) electrons. The minimum Gasteiger partial charge on any atom is -0.354 e. The molecule has 0 saturated carbocycles. The number of carbonyl (C=O) groups is 1. The van der Waals surface area contributed by atoms with Crippen LogP contribution in [-0.4, -0.2) is 25.5 Å². The lowest BCUT2D eigenvalue weighted by Crippen LogP contribution is -2.34. The molecule has 1 amide bonds. The van der Waals surface area contributed by atoms with Crippen LogP contribution < -0.4 is 10.6 Å². The molecule has 2 N–H and O–H groups in total. The van der Waals surface area contributed by atoms with Gasteiger partial charge in [-0.15, -0.1) is 0 Å². The molecule has 0 aliphatic rings. The molecule has 1 aromatic carbocycles. The van der Waals surface area contributed by atoms with E-state index >= 15 is 0 Å². The first-order valence-corrected chi connectivity index (χ1v) is 6.39. The Bertz CT molecular complexity index is 382. The molecule has 1 unspecified atom stereocenters. The van der Waals surface area contributed by atoms with Crippen LogP contribution in [0.2, 0.25) is 0 Å². The maximum Gasteiger partial charge on any atom is 0.227 e. The molecule has 1 aromatic rings. The van der Waals surface area contributed by atoms with Gasteiger partial charge in [0.05, 0.1) is 5.92 Å². The quantitative estimate of drug-likeness (QED) is 0.729. The monoisotopic (exact) mass is 252 g/mol. The largest absolute Gasteiger partial charge is 0.354 e. The van der Waals surface area contributed by atoms with Crippen LogP contribution in [0.1, 0.15) is 31.7 Å². The van der Waals surface area contributed by atoms with Crippen LogP contribution in [0.5, 0.6) is 0 Å². The lowest BCUT2D eigenvalue weighted by Gasteiger charge is -2.13. The van der Waals surface area contributed by atoms with Crippen LogP contribution in [0, 0.1) is 5.82 Å². The van der Waals surface area contributed by atoms with Crippen molar-refractivity contribution in [3.63, 3.8) is 0 Å². The molecule has 4 heteroatoms. The third-order valence-electron chi connectivity index (χ3n) is 2.79. The van der Waals surface area contributed by atoms with Gasteiger partial charge < -0.3 is 10.6 Å². The molecule has 0 bridgehead atoms. The van der Waals surface area contributed by atoms with Crippen LogP contribution >= 0.6 is 0 Å². The van der Waals surface area contributed by atoms with E-state index in [1.54, 1.807) is 25.1 Å². The molecule has 18 heavy (non-hydrogen) atoms. The van der Waals surface area contributed by atoms with Gasteiger partial charge in [0, 0.05) is 13.1 Å². The molecular formula is C14H21FN2O. The van der Waals surface area contributed by atoms with Crippen LogP contribution in [0.25, 0.3) is 0 Å². The highest BCUT2D eigenvalue weighted by atomic mass is 19.1. The van der Waals surface area contributed by atoms with E-state index < -0.39 is 5.92 Å². The molecule has 1 atom stereocenters. The van der Waals surface area contributed by atoms with Crippen molar-refractivity contribution in [3.05, 3.63) is 35.6 Å². The molecule has 0 heterocycles. The summed E-state index contributed by atoms with van der Waals surface area (Å²) in [4.78, 5) is 11.8. The van der Waals surface area contributed by atoms with E-state index in [1.165, 1.54) is 6.07 Å². The molecular weight excluding hydrogens is 231 g/mol. The van der Waals surface area contributed by atoms with E-state index in [9.17, 15) is 9.18 Å². The summed E-state index contributed by atoms with van der Waals surface area (Å²) >= 11 is 0. The van der Waals surface area contributed by atoms with Gasteiger partial charge in [-0.3, -0.25) is 4.79 Å². The fourth-order valence-corrected chi connectivity index (χ4v) is 1.70. The van der Waals surface area contributed by atoms with Crippen LogP contribution in [0.3, 0.4) is 0 Å². The lowest BCUT2D eigenvalue weighted by molar-refractivity contribution is -0.122. The first-order chi connectivity index (χ1) is 8.66. The van der Waals surface area contributed by atoms with Crippen LogP contribution in [-0.2, 0) is 4.79 Å². The Morgan fingerprint density at radius 1 is 1.28 bits per heavy atom. The number of hydrogen-bond acceptors (Lipinski definition) is 2. The van der Waals surface area contributed by atoms with Crippen LogP contribution in [0.4, 0.5) is 4.39 Å². The summed E-state index contributed by atoms with van der Waals surface area (Å²) in [7, 11) is 0. The first kappa shape index (κ1) is 14.6. The predicted molar refractivity (Wildman–Crippen MR) is 71.0 cm³/mol. The van der Waals surface area contributed by atoms with Crippen molar-refractivity contribution < 1.29 is 9.18 Å². The maximum atomic E-state index is 13.5. The summed E-state index contributed by atoms with van der Waals surface area (Å²) in [5, 5.41) is 5.99. The fraction of sp³-hybridized carbons (Fsp3) is 0.500. The normalized spacial score (nSPS) is 12.2. The summed E-state index contributed by atoms with van der Waals surface area (Å²) in [6.45, 7) is 6.05. The average molecular weight is 252 g/mol. The summed E-state index contributed by atoms with van der Waals surface area (Å²) in [6, 6.07) is 6.39. The molecule has 0 aliphatic heterocycles. The van der Waals surface area contributed by atoms with Crippen molar-refractivity contribution in [2.75, 3.05) is 19.6 Å². The van der Waals surface area contributed by atoms with Crippen molar-refractivity contribution in [2.45, 2.75) is 26.2 Å². The van der Waals surface area contributed by atoms with E-state index in [1.807, 2.05) is 0 Å². The van der Waals surface area contributed by atoms with Crippen molar-refractivity contribution in [3.8, 4) is 0 Å². The van der Waals surface area contributed by atoms with Gasteiger partial charge in [-0.25, -0.2) is 4.39 Å². The SMILES string of the molecule is CCCNCCNC(=O)C(C)c1ccccc1F. The number of halogens is 1. The number of rotatable bonds is 7. The summed E-state index contributed by atoms with van der Waals surface area (Å²) in [6.07, 6.45) is 1.07. The second-order valence-electron chi connectivity index (χ2n) is 4.28. The number of benzene rings is 1. The van der Waals surface area contributed by atoms with Crippen molar-refractivity contribution >= 4 is 5.91 Å². The zero-order valence-corrected chi connectivity index (χ0v) is 11.0. The van der Waals surface area contributed by atoms with Gasteiger partial charge in [0.2, 0.25) is 5.91 Å². The highest BCUT2D eigenvalue weighted by molar-refractivity contribution is 5.83. The third-order valence-corrected chi connectivity index (χ3v) is 2.79. The highest BCUT2D eigenvalue weighted by Gasteiger charge is 2.17. The molecule has 0 fully saturated rings. The van der Waals surface area contributed by atoms with Gasteiger partial charge in [-0.05, 0) is 31.5 Å². The molecule has 1 rings (SSSR count). The number of amides is 1. The van der Waals surface area contributed by atoms with Gasteiger partial charge in [0.1, 0.15) is 5.82 Å². The summed E-state index contributed by atoms with van der Waals surface area (Å²) < 4.78 is 13.5. The zero-order valence-electron chi connectivity index (χ0n) is 11.0. The summed E-state index contributed by atoms with van der Waals surface area (Å²) in [5.74, 6) is -0.931. The lowest BCUT2D eigenvalue weighted by atomic mass is 10.00. The Balaban J connectivity index is 2.40. The predicted octanol–water partition coefficient (Wildman–Crippen LogP) is 2.04. The second kappa shape index (κ2) is 7.82. The Kier molecular flexibility index (Phi) is 6.36. The smallest absolute Gasteiger partial charge is 0.227 e. The molecule has 3 nitrogen and oxygen atoms in total. The highest BCUT2D eigenvalue weighted by Crippen LogP contribution is 2.18. The van der Waals surface area contributed by atoms with E-state index in [2.05, 4.69) is 17.6 Å². The minimum absolute atomic E-state index is 0.140. The second-order valence-corrected chi connectivity index (χ2v) is 4.28. The first-order valence-electron chi connectivity index (χ1n) is 6.39. The van der Waals surface area contributed by atoms with Gasteiger partial charge in [-0.1, -0.05) is 25.1 Å². The van der Waals surface area contributed by atoms with E-state index in [-0.39, 0.29) is 11.7 Å². The standard InChI is InChI=1S/C14H21FN2O/c1-3-8-16-9-10-17-14(18)11(2)12-6-4-5-7-13(12)15/h4-7,11,16H,3,8-10H2,1-2H3,(H,17,18). The molecule has 0 spiro atoms. The number of carbonyl (C=O) groups excluding carboxylic acids is 1. The van der Waals surface area contributed by atoms with Crippen molar-refractivity contribution in [2.24, 2.45) is 0 Å². The average Bonchev–Trinajstić information content (AvgIpc) is 2.38. The Morgan fingerprint density at radius 3 is 2.67 bits per heavy atom. The molecule has 0 aromatic heterocycles. The zero-order chi connectivity index (χ0) is 13.4. The number of nitrogens with one attached hydrogen (secondary N) is 2. The van der Waals surface area contributed by atoms with E-state index in [0.717, 1.165) is 19.5 Å². The third kappa shape index (κ3) is 4.45. The maximum absolute atomic E-state index is 13.5. The van der Waals surface area contributed by atoms with Gasteiger partial charge in [0.15, 0.2) is 0 Å².